The van der Waals surface area contributed by atoms with Crippen LogP contribution in [0, 0.1) is 0 Å². The molecule has 0 aliphatic rings. The fourth-order valence-electron chi connectivity index (χ4n) is 1.37. The Kier molecular flexibility index (Phi) is 6.96. The third-order valence-corrected chi connectivity index (χ3v) is 3.13. The quantitative estimate of drug-likeness (QED) is 0.632. The van der Waals surface area contributed by atoms with Gasteiger partial charge in [0.1, 0.15) is 0 Å². The first-order valence-corrected chi connectivity index (χ1v) is 6.02. The van der Waals surface area contributed by atoms with Crippen molar-refractivity contribution in [3.05, 3.63) is 0 Å². The maximum atomic E-state index is 2.52. The minimum absolute atomic E-state index is 0.690. The highest BCUT2D eigenvalue weighted by Crippen LogP contribution is 2.12. The highest BCUT2D eigenvalue weighted by molar-refractivity contribution is 7.99. The molecular formula is C10H23NS. The Bertz CT molecular complexity index is 104. The Morgan fingerprint density at radius 2 is 1.75 bits per heavy atom. The molecule has 0 saturated carbocycles. The molecule has 0 rings (SSSR count). The minimum Gasteiger partial charge on any atom is -0.300 e. The predicted octanol–water partition coefficient (Wildman–Crippen LogP) is 2.86. The van der Waals surface area contributed by atoms with E-state index in [1.54, 1.807) is 0 Å². The molecule has 0 aromatic rings. The third kappa shape index (κ3) is 5.04. The highest BCUT2D eigenvalue weighted by atomic mass is 32.2. The second-order valence-electron chi connectivity index (χ2n) is 3.45. The van der Waals surface area contributed by atoms with Gasteiger partial charge in [0.15, 0.2) is 0 Å². The number of thioether (sulfide) groups is 1. The number of nitrogens with zero attached hydrogens (tertiary/aromatic N) is 1. The topological polar surface area (TPSA) is 3.24 Å². The fourth-order valence-corrected chi connectivity index (χ4v) is 2.24. The molecule has 0 amide bonds. The molecule has 74 valence electrons. The number of hydrogen-bond acceptors (Lipinski definition) is 2. The summed E-state index contributed by atoms with van der Waals surface area (Å²) in [4.78, 5) is 2.52. The van der Waals surface area contributed by atoms with Crippen LogP contribution in [0.3, 0.4) is 0 Å². The summed E-state index contributed by atoms with van der Waals surface area (Å²) in [6, 6.07) is 0.690. The summed E-state index contributed by atoms with van der Waals surface area (Å²) in [5.41, 5.74) is 0. The van der Waals surface area contributed by atoms with Crippen molar-refractivity contribution in [3.8, 4) is 0 Å². The fraction of sp³-hybridized carbons (Fsp3) is 1.00. The van der Waals surface area contributed by atoms with Crippen molar-refractivity contribution >= 4 is 11.8 Å². The molecule has 0 spiro atoms. The largest absolute Gasteiger partial charge is 0.300 e. The van der Waals surface area contributed by atoms with Gasteiger partial charge in [-0.2, -0.15) is 11.8 Å². The van der Waals surface area contributed by atoms with Gasteiger partial charge in [-0.25, -0.2) is 0 Å². The van der Waals surface area contributed by atoms with Gasteiger partial charge < -0.3 is 4.90 Å². The van der Waals surface area contributed by atoms with Crippen LogP contribution in [0.2, 0.25) is 0 Å². The molecule has 0 aromatic heterocycles. The molecule has 0 heterocycles. The van der Waals surface area contributed by atoms with Crippen molar-refractivity contribution in [2.45, 2.75) is 45.9 Å². The van der Waals surface area contributed by atoms with E-state index in [-0.39, 0.29) is 0 Å². The molecular weight excluding hydrogens is 166 g/mol. The molecule has 1 unspecified atom stereocenters. The molecule has 0 saturated heterocycles. The monoisotopic (exact) mass is 189 g/mol. The molecule has 12 heavy (non-hydrogen) atoms. The van der Waals surface area contributed by atoms with Crippen molar-refractivity contribution in [3.63, 3.8) is 0 Å². The van der Waals surface area contributed by atoms with E-state index in [0.717, 1.165) is 5.25 Å². The zero-order valence-electron chi connectivity index (χ0n) is 9.13. The van der Waals surface area contributed by atoms with Gasteiger partial charge in [-0.05, 0) is 26.1 Å². The Morgan fingerprint density at radius 1 is 1.17 bits per heavy atom. The van der Waals surface area contributed by atoms with Crippen molar-refractivity contribution in [2.75, 3.05) is 18.8 Å². The summed E-state index contributed by atoms with van der Waals surface area (Å²) in [5, 5.41) is 0.775. The van der Waals surface area contributed by atoms with Gasteiger partial charge in [-0.15, -0.1) is 0 Å². The second kappa shape index (κ2) is 6.79. The van der Waals surface area contributed by atoms with Gasteiger partial charge in [-0.3, -0.25) is 0 Å². The summed E-state index contributed by atoms with van der Waals surface area (Å²) in [5.74, 6) is 1.23. The van der Waals surface area contributed by atoms with E-state index in [1.807, 2.05) is 0 Å². The Balaban J connectivity index is 3.69. The van der Waals surface area contributed by atoms with E-state index in [4.69, 9.17) is 0 Å². The van der Waals surface area contributed by atoms with Gasteiger partial charge in [0.2, 0.25) is 0 Å². The lowest BCUT2D eigenvalue weighted by molar-refractivity contribution is 0.237. The molecule has 0 aliphatic heterocycles. The summed E-state index contributed by atoms with van der Waals surface area (Å²) in [6.45, 7) is 13.7. The van der Waals surface area contributed by atoms with E-state index >= 15 is 0 Å². The molecule has 0 fully saturated rings. The highest BCUT2D eigenvalue weighted by Gasteiger charge is 2.10. The minimum atomic E-state index is 0.690. The second-order valence-corrected chi connectivity index (χ2v) is 5.16. The van der Waals surface area contributed by atoms with Crippen LogP contribution in [0.5, 0.6) is 0 Å². The maximum absolute atomic E-state index is 2.52. The molecule has 0 radical (unpaired) electrons. The van der Waals surface area contributed by atoms with E-state index < -0.39 is 0 Å². The smallest absolute Gasteiger partial charge is 0.0146 e. The van der Waals surface area contributed by atoms with E-state index in [9.17, 15) is 0 Å². The molecule has 1 atom stereocenters. The van der Waals surface area contributed by atoms with Crippen molar-refractivity contribution in [1.82, 2.24) is 4.90 Å². The molecule has 0 aromatic carbocycles. The first kappa shape index (κ1) is 12.3. The first-order valence-electron chi connectivity index (χ1n) is 4.97. The van der Waals surface area contributed by atoms with Crippen molar-refractivity contribution < 1.29 is 0 Å². The van der Waals surface area contributed by atoms with Gasteiger partial charge in [0, 0.05) is 17.8 Å². The summed E-state index contributed by atoms with van der Waals surface area (Å²) < 4.78 is 0. The molecule has 0 bridgehead atoms. The van der Waals surface area contributed by atoms with Crippen LogP contribution >= 0.6 is 11.8 Å². The Hall–Kier alpha value is 0.310. The van der Waals surface area contributed by atoms with Crippen LogP contribution in [0.15, 0.2) is 0 Å². The summed E-state index contributed by atoms with van der Waals surface area (Å²) >= 11 is 2.05. The molecule has 1 nitrogen and oxygen atoms in total. The number of hydrogen-bond donors (Lipinski definition) is 0. The van der Waals surface area contributed by atoms with Crippen LogP contribution in [-0.4, -0.2) is 35.0 Å². The first-order chi connectivity index (χ1) is 5.61. The average molecular weight is 189 g/mol. The van der Waals surface area contributed by atoms with Crippen LogP contribution < -0.4 is 0 Å². The number of rotatable bonds is 6. The van der Waals surface area contributed by atoms with Crippen molar-refractivity contribution in [1.29, 1.82) is 0 Å². The van der Waals surface area contributed by atoms with Crippen LogP contribution in [-0.2, 0) is 0 Å². The Labute approximate surface area is 81.9 Å². The van der Waals surface area contributed by atoms with Gasteiger partial charge in [0.25, 0.3) is 0 Å². The maximum Gasteiger partial charge on any atom is 0.0146 e. The summed E-state index contributed by atoms with van der Waals surface area (Å²) in [7, 11) is 0. The lowest BCUT2D eigenvalue weighted by Crippen LogP contribution is -2.35. The van der Waals surface area contributed by atoms with Gasteiger partial charge in [0.05, 0.1) is 0 Å². The van der Waals surface area contributed by atoms with Crippen molar-refractivity contribution in [2.24, 2.45) is 0 Å². The normalized spacial score (nSPS) is 14.2. The van der Waals surface area contributed by atoms with Gasteiger partial charge >= 0.3 is 0 Å². The summed E-state index contributed by atoms with van der Waals surface area (Å²) in [6.07, 6.45) is 0. The average Bonchev–Trinajstić information content (AvgIpc) is 2.00. The Morgan fingerprint density at radius 3 is 2.08 bits per heavy atom. The lowest BCUT2D eigenvalue weighted by atomic mass is 10.3. The van der Waals surface area contributed by atoms with Gasteiger partial charge in [-0.1, -0.05) is 20.8 Å². The molecule has 0 N–H and O–H groups in total. The van der Waals surface area contributed by atoms with E-state index in [1.165, 1.54) is 18.8 Å². The van der Waals surface area contributed by atoms with E-state index in [2.05, 4.69) is 51.3 Å². The molecule has 0 aliphatic carbocycles. The van der Waals surface area contributed by atoms with Crippen LogP contribution in [0.4, 0.5) is 0 Å². The zero-order valence-corrected chi connectivity index (χ0v) is 9.95. The van der Waals surface area contributed by atoms with Crippen LogP contribution in [0.1, 0.15) is 34.6 Å². The predicted molar refractivity (Wildman–Crippen MR) is 60.0 cm³/mol. The standard InChI is InChI=1S/C10H23NS/c1-6-11(9(3)4)8-10(5)12-7-2/h9-10H,6-8H2,1-5H3. The van der Waals surface area contributed by atoms with E-state index in [0.29, 0.717) is 6.04 Å². The van der Waals surface area contributed by atoms with Crippen LogP contribution in [0.25, 0.3) is 0 Å². The zero-order chi connectivity index (χ0) is 9.56. The third-order valence-electron chi connectivity index (χ3n) is 2.08. The molecule has 2 heteroatoms. The lowest BCUT2D eigenvalue weighted by Gasteiger charge is -2.27. The SMILES string of the molecule is CCSC(C)CN(CC)C(C)C.